The summed E-state index contributed by atoms with van der Waals surface area (Å²) in [5, 5.41) is 7.81. The van der Waals surface area contributed by atoms with Crippen LogP contribution in [0.4, 0.5) is 13.2 Å². The maximum atomic E-state index is 11.1. The van der Waals surface area contributed by atoms with Crippen molar-refractivity contribution in [2.75, 3.05) is 0 Å². The van der Waals surface area contributed by atoms with Crippen molar-refractivity contribution in [2.45, 2.75) is 12.8 Å². The Bertz CT molecular complexity index is 173. The highest BCUT2D eigenvalue weighted by atomic mass is 19.4. The number of rotatable bonds is 2. The van der Waals surface area contributed by atoms with Crippen molar-refractivity contribution in [3.05, 3.63) is 0 Å². The van der Waals surface area contributed by atoms with Gasteiger partial charge in [0.2, 0.25) is 0 Å². The van der Waals surface area contributed by atoms with Crippen LogP contribution in [0.1, 0.15) is 6.42 Å². The quantitative estimate of drug-likeness (QED) is 0.487. The van der Waals surface area contributed by atoms with E-state index in [1.807, 2.05) is 0 Å². The van der Waals surface area contributed by atoms with Crippen LogP contribution in [0.3, 0.4) is 0 Å². The van der Waals surface area contributed by atoms with Crippen molar-refractivity contribution in [2.24, 2.45) is 0 Å². The van der Waals surface area contributed by atoms with Gasteiger partial charge in [-0.1, -0.05) is 0 Å². The highest BCUT2D eigenvalue weighted by molar-refractivity contribution is 5.90. The van der Waals surface area contributed by atoms with Gasteiger partial charge in [-0.25, -0.2) is 0 Å². The van der Waals surface area contributed by atoms with Crippen molar-refractivity contribution in [1.29, 1.82) is 0 Å². The molecule has 0 aromatic rings. The largest absolute Gasteiger partial charge is 0.575 e. The number of esters is 1. The topological polar surface area (TPSA) is 63.6 Å². The number of carbonyl (C=O) groups excluding carboxylic acids is 1. The second kappa shape index (κ2) is 3.22. The Kier molecular flexibility index (Phi) is 2.85. The average molecular weight is 172 g/mol. The predicted molar refractivity (Wildman–Crippen MR) is 24.4 cm³/mol. The van der Waals surface area contributed by atoms with Gasteiger partial charge in [0.25, 0.3) is 0 Å². The summed E-state index contributed by atoms with van der Waals surface area (Å²) in [5.74, 6) is -3.50. The summed E-state index contributed by atoms with van der Waals surface area (Å²) in [4.78, 5) is 19.6. The molecule has 0 aliphatic rings. The fraction of sp³-hybridized carbons (Fsp3) is 0.500. The summed E-state index contributed by atoms with van der Waals surface area (Å²) >= 11 is 0. The standard InChI is InChI=1S/C4H3F3O4/c5-4(6,7)11-3(10)1-2(8)9/h1H2,(H,8,9). The third kappa shape index (κ3) is 6.62. The summed E-state index contributed by atoms with van der Waals surface area (Å²) in [6, 6.07) is 0. The van der Waals surface area contributed by atoms with E-state index >= 15 is 0 Å². The Labute approximate surface area is 58.6 Å². The van der Waals surface area contributed by atoms with E-state index in [1.165, 1.54) is 0 Å². The molecule has 0 radical (unpaired) electrons. The number of hydrogen-bond acceptors (Lipinski definition) is 3. The van der Waals surface area contributed by atoms with Gasteiger partial charge in [-0.3, -0.25) is 9.59 Å². The molecule has 0 unspecified atom stereocenters. The molecule has 0 fully saturated rings. The van der Waals surface area contributed by atoms with E-state index in [1.54, 1.807) is 0 Å². The first kappa shape index (κ1) is 9.73. The molecule has 0 aliphatic heterocycles. The lowest BCUT2D eigenvalue weighted by Crippen LogP contribution is -2.21. The monoisotopic (exact) mass is 172 g/mol. The van der Waals surface area contributed by atoms with Crippen molar-refractivity contribution in [3.8, 4) is 0 Å². The Hall–Kier alpha value is -1.27. The van der Waals surface area contributed by atoms with E-state index in [9.17, 15) is 22.8 Å². The lowest BCUT2D eigenvalue weighted by Gasteiger charge is -2.04. The average Bonchev–Trinajstić information content (AvgIpc) is 1.53. The van der Waals surface area contributed by atoms with Gasteiger partial charge in [0.1, 0.15) is 6.42 Å². The number of halogens is 3. The molecule has 0 heterocycles. The number of alkyl halides is 3. The fourth-order valence-electron chi connectivity index (χ4n) is 0.289. The van der Waals surface area contributed by atoms with Gasteiger partial charge in [0, 0.05) is 0 Å². The molecule has 0 spiro atoms. The van der Waals surface area contributed by atoms with Crippen LogP contribution >= 0.6 is 0 Å². The molecular formula is C4H3F3O4. The molecule has 0 aromatic carbocycles. The molecule has 1 N–H and O–H groups in total. The smallest absolute Gasteiger partial charge is 0.481 e. The second-order valence-electron chi connectivity index (χ2n) is 1.49. The first-order valence-corrected chi connectivity index (χ1v) is 2.31. The molecule has 0 atom stereocenters. The second-order valence-corrected chi connectivity index (χ2v) is 1.49. The highest BCUT2D eigenvalue weighted by Gasteiger charge is 2.34. The molecule has 0 amide bonds. The van der Waals surface area contributed by atoms with Gasteiger partial charge in [0.05, 0.1) is 0 Å². The van der Waals surface area contributed by atoms with E-state index < -0.39 is 24.7 Å². The molecule has 0 aromatic heterocycles. The molecule has 11 heavy (non-hydrogen) atoms. The Balaban J connectivity index is 3.80. The van der Waals surface area contributed by atoms with Gasteiger partial charge in [-0.15, -0.1) is 13.2 Å². The van der Waals surface area contributed by atoms with Gasteiger partial charge >= 0.3 is 18.3 Å². The highest BCUT2D eigenvalue weighted by Crippen LogP contribution is 2.16. The summed E-state index contributed by atoms with van der Waals surface area (Å²) in [7, 11) is 0. The van der Waals surface area contributed by atoms with E-state index in [-0.39, 0.29) is 0 Å². The lowest BCUT2D eigenvalue weighted by molar-refractivity contribution is -0.305. The maximum Gasteiger partial charge on any atom is 0.575 e. The number of carbonyl (C=O) groups is 2. The van der Waals surface area contributed by atoms with Gasteiger partial charge in [-0.05, 0) is 0 Å². The van der Waals surface area contributed by atoms with Crippen LogP contribution in [-0.2, 0) is 14.3 Å². The molecule has 0 bridgehead atoms. The molecule has 7 heteroatoms. The Morgan fingerprint density at radius 1 is 1.36 bits per heavy atom. The SMILES string of the molecule is O=C(O)CC(=O)OC(F)(F)F. The Morgan fingerprint density at radius 3 is 2.09 bits per heavy atom. The van der Waals surface area contributed by atoms with Crippen LogP contribution in [0.5, 0.6) is 0 Å². The summed E-state index contributed by atoms with van der Waals surface area (Å²) in [6.07, 6.45) is -6.40. The van der Waals surface area contributed by atoms with Gasteiger partial charge in [-0.2, -0.15) is 0 Å². The minimum atomic E-state index is -5.10. The van der Waals surface area contributed by atoms with Crippen molar-refractivity contribution in [3.63, 3.8) is 0 Å². The predicted octanol–water partition coefficient (Wildman–Crippen LogP) is 0.524. The number of carboxylic acid groups (broad SMARTS) is 1. The summed E-state index contributed by atoms with van der Waals surface area (Å²) < 4.78 is 36.1. The normalized spacial score (nSPS) is 10.8. The molecule has 0 saturated carbocycles. The fourth-order valence-corrected chi connectivity index (χ4v) is 0.289. The van der Waals surface area contributed by atoms with E-state index in [2.05, 4.69) is 4.74 Å². The summed E-state index contributed by atoms with van der Waals surface area (Å²) in [6.45, 7) is 0. The van der Waals surface area contributed by atoms with E-state index in [0.717, 1.165) is 0 Å². The zero-order valence-corrected chi connectivity index (χ0v) is 5.01. The van der Waals surface area contributed by atoms with Crippen LogP contribution in [0.2, 0.25) is 0 Å². The van der Waals surface area contributed by atoms with Crippen LogP contribution in [0.25, 0.3) is 0 Å². The van der Waals surface area contributed by atoms with Crippen molar-refractivity contribution in [1.82, 2.24) is 0 Å². The molecule has 64 valence electrons. The zero-order chi connectivity index (χ0) is 9.07. The lowest BCUT2D eigenvalue weighted by atomic mass is 10.4. The molecule has 4 nitrogen and oxygen atoms in total. The van der Waals surface area contributed by atoms with Crippen LogP contribution in [0, 0.1) is 0 Å². The van der Waals surface area contributed by atoms with Crippen LogP contribution in [-0.4, -0.2) is 23.4 Å². The van der Waals surface area contributed by atoms with Crippen molar-refractivity contribution < 1.29 is 32.6 Å². The molecule has 0 rings (SSSR count). The third-order valence-electron chi connectivity index (χ3n) is 0.525. The zero-order valence-electron chi connectivity index (χ0n) is 5.01. The minimum Gasteiger partial charge on any atom is -0.481 e. The number of ether oxygens (including phenoxy) is 1. The van der Waals surface area contributed by atoms with Crippen LogP contribution < -0.4 is 0 Å². The van der Waals surface area contributed by atoms with Gasteiger partial charge in [0.15, 0.2) is 0 Å². The van der Waals surface area contributed by atoms with Crippen LogP contribution in [0.15, 0.2) is 0 Å². The first-order valence-electron chi connectivity index (χ1n) is 2.31. The third-order valence-corrected chi connectivity index (χ3v) is 0.525. The number of hydrogen-bond donors (Lipinski definition) is 1. The number of aliphatic carboxylic acids is 1. The number of carboxylic acids is 1. The molecular weight excluding hydrogens is 169 g/mol. The Morgan fingerprint density at radius 2 is 1.82 bits per heavy atom. The molecule has 0 saturated heterocycles. The van der Waals surface area contributed by atoms with E-state index in [0.29, 0.717) is 0 Å². The maximum absolute atomic E-state index is 11.1. The summed E-state index contributed by atoms with van der Waals surface area (Å²) in [5.41, 5.74) is 0. The van der Waals surface area contributed by atoms with Crippen molar-refractivity contribution >= 4 is 11.9 Å². The molecule has 0 aliphatic carbocycles. The minimum absolute atomic E-state index is 1.29. The van der Waals surface area contributed by atoms with Gasteiger partial charge < -0.3 is 9.84 Å². The van der Waals surface area contributed by atoms with E-state index in [4.69, 9.17) is 5.11 Å². The first-order chi connectivity index (χ1) is 4.81.